The predicted molar refractivity (Wildman–Crippen MR) is 69.9 cm³/mol. The smallest absolute Gasteiger partial charge is 0.350 e. The molecule has 116 valence electrons. The first-order valence-corrected chi connectivity index (χ1v) is 8.21. The summed E-state index contributed by atoms with van der Waals surface area (Å²) in [6.07, 6.45) is -3.52. The van der Waals surface area contributed by atoms with Crippen LogP contribution in [0, 0.1) is 0 Å². The number of hydrogen-bond acceptors (Lipinski definition) is 5. The number of anilines is 1. The zero-order valence-corrected chi connectivity index (χ0v) is 11.8. The van der Waals surface area contributed by atoms with Crippen LogP contribution in [0.15, 0.2) is 17.2 Å². The number of rotatable bonds is 0. The van der Waals surface area contributed by atoms with Crippen LogP contribution in [0.5, 0.6) is 0 Å². The Hall–Kier alpha value is -1.35. The van der Waals surface area contributed by atoms with Gasteiger partial charge in [-0.05, 0) is 12.5 Å². The Morgan fingerprint density at radius 3 is 2.86 bits per heavy atom. The number of alkyl halides is 3. The van der Waals surface area contributed by atoms with E-state index in [1.54, 1.807) is 4.90 Å². The van der Waals surface area contributed by atoms with E-state index in [9.17, 15) is 21.6 Å². The van der Waals surface area contributed by atoms with Gasteiger partial charge >= 0.3 is 6.18 Å². The molecule has 2 aliphatic rings. The Morgan fingerprint density at radius 2 is 2.14 bits per heavy atom. The minimum atomic E-state index is -4.60. The standard InChI is InChI=1S/C12H14F3N3O2S/c13-12(14,15)8-5-10-11(17-6-8)18-3-2-16-7-9(18)1-4-21(10,19)20/h5-6,9,16H,1-4,7H2. The van der Waals surface area contributed by atoms with Gasteiger partial charge in [0.25, 0.3) is 0 Å². The molecule has 1 aromatic heterocycles. The van der Waals surface area contributed by atoms with Crippen LogP contribution in [-0.4, -0.2) is 44.8 Å². The molecule has 1 N–H and O–H groups in total. The minimum Gasteiger partial charge on any atom is -0.350 e. The molecule has 21 heavy (non-hydrogen) atoms. The van der Waals surface area contributed by atoms with Crippen LogP contribution in [0.25, 0.3) is 0 Å². The summed E-state index contributed by atoms with van der Waals surface area (Å²) in [7, 11) is -3.75. The molecule has 0 amide bonds. The van der Waals surface area contributed by atoms with Crippen LogP contribution >= 0.6 is 0 Å². The molecule has 3 rings (SSSR count). The van der Waals surface area contributed by atoms with Gasteiger partial charge in [0.1, 0.15) is 10.7 Å². The van der Waals surface area contributed by atoms with Crippen LogP contribution < -0.4 is 10.2 Å². The summed E-state index contributed by atoms with van der Waals surface area (Å²) < 4.78 is 62.9. The van der Waals surface area contributed by atoms with Gasteiger partial charge in [-0.25, -0.2) is 13.4 Å². The van der Waals surface area contributed by atoms with Crippen LogP contribution in [-0.2, 0) is 16.0 Å². The van der Waals surface area contributed by atoms with Crippen LogP contribution in [0.4, 0.5) is 19.0 Å². The maximum Gasteiger partial charge on any atom is 0.417 e. The lowest BCUT2D eigenvalue weighted by molar-refractivity contribution is -0.138. The van der Waals surface area contributed by atoms with Gasteiger partial charge in [-0.1, -0.05) is 0 Å². The Balaban J connectivity index is 2.16. The fourth-order valence-electron chi connectivity index (χ4n) is 2.74. The highest BCUT2D eigenvalue weighted by molar-refractivity contribution is 7.91. The molecular formula is C12H14F3N3O2S. The van der Waals surface area contributed by atoms with Gasteiger partial charge in [-0.3, -0.25) is 0 Å². The lowest BCUT2D eigenvalue weighted by Crippen LogP contribution is -2.51. The molecule has 0 spiro atoms. The number of nitrogens with one attached hydrogen (secondary N) is 1. The van der Waals surface area contributed by atoms with Crippen molar-refractivity contribution in [1.29, 1.82) is 0 Å². The summed E-state index contributed by atoms with van der Waals surface area (Å²) in [5, 5.41) is 3.16. The normalized spacial score (nSPS) is 24.9. The van der Waals surface area contributed by atoms with Crippen LogP contribution in [0.3, 0.4) is 0 Å². The monoisotopic (exact) mass is 321 g/mol. The SMILES string of the molecule is O=S1(=O)CCC2CNCCN2c2ncc(C(F)(F)F)cc21. The Morgan fingerprint density at radius 1 is 1.38 bits per heavy atom. The first kappa shape index (κ1) is 14.6. The summed E-state index contributed by atoms with van der Waals surface area (Å²) in [5.74, 6) is -0.0155. The van der Waals surface area contributed by atoms with Crippen molar-refractivity contribution in [3.63, 3.8) is 0 Å². The van der Waals surface area contributed by atoms with Gasteiger partial charge in [0, 0.05) is 31.9 Å². The van der Waals surface area contributed by atoms with E-state index < -0.39 is 21.6 Å². The highest BCUT2D eigenvalue weighted by Gasteiger charge is 2.38. The molecule has 0 radical (unpaired) electrons. The molecule has 9 heteroatoms. The summed E-state index contributed by atoms with van der Waals surface area (Å²) in [5.41, 5.74) is -1.03. The number of fused-ring (bicyclic) bond motifs is 3. The van der Waals surface area contributed by atoms with E-state index in [0.717, 1.165) is 0 Å². The van der Waals surface area contributed by atoms with Crippen LogP contribution in [0.2, 0.25) is 0 Å². The average molecular weight is 321 g/mol. The third kappa shape index (κ3) is 2.59. The van der Waals surface area contributed by atoms with E-state index in [2.05, 4.69) is 10.3 Å². The lowest BCUT2D eigenvalue weighted by atomic mass is 10.1. The Labute approximate surface area is 120 Å². The van der Waals surface area contributed by atoms with Gasteiger partial charge in [-0.2, -0.15) is 13.2 Å². The number of piperazine rings is 1. The molecule has 0 aromatic carbocycles. The summed E-state index contributed by atoms with van der Waals surface area (Å²) in [6, 6.07) is 0.654. The predicted octanol–water partition coefficient (Wildman–Crippen LogP) is 1.06. The molecule has 0 saturated carbocycles. The first-order chi connectivity index (χ1) is 9.79. The van der Waals surface area contributed by atoms with Crippen molar-refractivity contribution < 1.29 is 21.6 Å². The van der Waals surface area contributed by atoms with Gasteiger partial charge in [0.2, 0.25) is 0 Å². The Bertz CT molecular complexity index is 660. The Kier molecular flexibility index (Phi) is 3.36. The number of nitrogens with zero attached hydrogens (tertiary/aromatic N) is 2. The molecule has 1 fully saturated rings. The molecular weight excluding hydrogens is 307 g/mol. The summed E-state index contributed by atoms with van der Waals surface area (Å²) >= 11 is 0. The van der Waals surface area contributed by atoms with E-state index in [1.165, 1.54) is 0 Å². The number of halogens is 3. The fourth-order valence-corrected chi connectivity index (χ4v) is 4.29. The fraction of sp³-hybridized carbons (Fsp3) is 0.583. The molecule has 0 bridgehead atoms. The summed E-state index contributed by atoms with van der Waals surface area (Å²) in [4.78, 5) is 5.32. The van der Waals surface area contributed by atoms with Crippen LogP contribution in [0.1, 0.15) is 12.0 Å². The minimum absolute atomic E-state index is 0.0565. The highest BCUT2D eigenvalue weighted by atomic mass is 32.2. The van der Waals surface area contributed by atoms with Crippen molar-refractivity contribution in [2.24, 2.45) is 0 Å². The molecule has 1 saturated heterocycles. The molecule has 5 nitrogen and oxygen atoms in total. The summed E-state index contributed by atoms with van der Waals surface area (Å²) in [6.45, 7) is 1.79. The number of pyridine rings is 1. The average Bonchev–Trinajstić information content (AvgIpc) is 2.54. The number of aromatic nitrogens is 1. The van der Waals surface area contributed by atoms with Crippen molar-refractivity contribution in [1.82, 2.24) is 10.3 Å². The van der Waals surface area contributed by atoms with E-state index in [1.807, 2.05) is 0 Å². The lowest BCUT2D eigenvalue weighted by Gasteiger charge is -2.36. The number of sulfone groups is 1. The van der Waals surface area contributed by atoms with Crippen molar-refractivity contribution in [2.75, 3.05) is 30.3 Å². The quantitative estimate of drug-likeness (QED) is 0.774. The maximum absolute atomic E-state index is 12.8. The zero-order chi connectivity index (χ0) is 15.3. The maximum atomic E-state index is 12.8. The van der Waals surface area contributed by atoms with Gasteiger partial charge in [0.15, 0.2) is 9.84 Å². The third-order valence-electron chi connectivity index (χ3n) is 3.84. The highest BCUT2D eigenvalue weighted by Crippen LogP contribution is 2.36. The van der Waals surface area contributed by atoms with E-state index in [-0.39, 0.29) is 22.5 Å². The number of hydrogen-bond donors (Lipinski definition) is 1. The van der Waals surface area contributed by atoms with Gasteiger partial charge in [-0.15, -0.1) is 0 Å². The van der Waals surface area contributed by atoms with Crippen molar-refractivity contribution in [2.45, 2.75) is 23.5 Å². The molecule has 2 aliphatic heterocycles. The van der Waals surface area contributed by atoms with Gasteiger partial charge in [0.05, 0.1) is 11.3 Å². The second kappa shape index (κ2) is 4.84. The van der Waals surface area contributed by atoms with Crippen molar-refractivity contribution >= 4 is 15.7 Å². The van der Waals surface area contributed by atoms with Gasteiger partial charge < -0.3 is 10.2 Å². The second-order valence-electron chi connectivity index (χ2n) is 5.20. The third-order valence-corrected chi connectivity index (χ3v) is 5.58. The largest absolute Gasteiger partial charge is 0.417 e. The van der Waals surface area contributed by atoms with E-state index in [0.29, 0.717) is 38.3 Å². The zero-order valence-electron chi connectivity index (χ0n) is 11.0. The molecule has 1 atom stereocenters. The topological polar surface area (TPSA) is 62.3 Å². The molecule has 3 heterocycles. The molecule has 1 aromatic rings. The molecule has 0 aliphatic carbocycles. The van der Waals surface area contributed by atoms with E-state index in [4.69, 9.17) is 0 Å². The molecule has 1 unspecified atom stereocenters. The first-order valence-electron chi connectivity index (χ1n) is 6.56. The van der Waals surface area contributed by atoms with Crippen molar-refractivity contribution in [3.8, 4) is 0 Å². The second-order valence-corrected chi connectivity index (χ2v) is 7.28. The van der Waals surface area contributed by atoms with Crippen molar-refractivity contribution in [3.05, 3.63) is 17.8 Å². The van der Waals surface area contributed by atoms with E-state index >= 15 is 0 Å².